The number of ether oxygens (including phenoxy) is 4. The van der Waals surface area contributed by atoms with Gasteiger partial charge in [0.25, 0.3) is 11.8 Å². The van der Waals surface area contributed by atoms with Crippen molar-refractivity contribution in [3.05, 3.63) is 35.5 Å². The standard InChI is InChI=1S/C24H36N2O6/c1-6-31-15-7-12-26-23(27)21(19-8-10-20(11-9-19)32-18(2)3)22(24(26)28)25(13-16-29-4)14-17-30-5/h8-11,18H,6-7,12-17H2,1-5H3. The number of methoxy groups -OCH3 is 2. The van der Waals surface area contributed by atoms with E-state index >= 15 is 0 Å². The van der Waals surface area contributed by atoms with E-state index in [1.807, 2.05) is 49.9 Å². The molecule has 0 aliphatic carbocycles. The summed E-state index contributed by atoms with van der Waals surface area (Å²) in [5, 5.41) is 0. The van der Waals surface area contributed by atoms with Crippen LogP contribution in [-0.2, 0) is 23.8 Å². The van der Waals surface area contributed by atoms with Crippen molar-refractivity contribution in [1.82, 2.24) is 9.80 Å². The lowest BCUT2D eigenvalue weighted by molar-refractivity contribution is -0.137. The Hall–Kier alpha value is -2.42. The molecular weight excluding hydrogens is 412 g/mol. The fraction of sp³-hybridized carbons (Fsp3) is 0.583. The van der Waals surface area contributed by atoms with Crippen molar-refractivity contribution in [2.45, 2.75) is 33.3 Å². The molecule has 32 heavy (non-hydrogen) atoms. The molecule has 1 aliphatic heterocycles. The van der Waals surface area contributed by atoms with E-state index in [1.54, 1.807) is 14.2 Å². The molecule has 1 aliphatic rings. The minimum absolute atomic E-state index is 0.0460. The number of rotatable bonds is 15. The average Bonchev–Trinajstić information content (AvgIpc) is 3.01. The zero-order valence-electron chi connectivity index (χ0n) is 19.9. The minimum Gasteiger partial charge on any atom is -0.491 e. The van der Waals surface area contributed by atoms with Gasteiger partial charge in [0.05, 0.1) is 24.9 Å². The van der Waals surface area contributed by atoms with Crippen LogP contribution in [0.1, 0.15) is 32.8 Å². The average molecular weight is 449 g/mol. The van der Waals surface area contributed by atoms with Gasteiger partial charge in [0.15, 0.2) is 0 Å². The number of hydrogen-bond acceptors (Lipinski definition) is 7. The normalized spacial score (nSPS) is 14.1. The second kappa shape index (κ2) is 13.2. The number of imide groups is 1. The maximum Gasteiger partial charge on any atom is 0.277 e. The smallest absolute Gasteiger partial charge is 0.277 e. The van der Waals surface area contributed by atoms with Gasteiger partial charge in [-0.25, -0.2) is 0 Å². The third-order valence-corrected chi connectivity index (χ3v) is 4.98. The Morgan fingerprint density at radius 2 is 1.56 bits per heavy atom. The van der Waals surface area contributed by atoms with Gasteiger partial charge in [0.2, 0.25) is 0 Å². The lowest BCUT2D eigenvalue weighted by Gasteiger charge is -2.25. The molecule has 0 N–H and O–H groups in total. The van der Waals surface area contributed by atoms with Gasteiger partial charge in [0, 0.05) is 47.1 Å². The van der Waals surface area contributed by atoms with Crippen LogP contribution in [0.25, 0.3) is 5.57 Å². The van der Waals surface area contributed by atoms with E-state index in [0.717, 1.165) is 0 Å². The van der Waals surface area contributed by atoms with Gasteiger partial charge in [-0.1, -0.05) is 12.1 Å². The summed E-state index contributed by atoms with van der Waals surface area (Å²) in [5.74, 6) is 0.127. The van der Waals surface area contributed by atoms with Crippen LogP contribution in [0.4, 0.5) is 0 Å². The Morgan fingerprint density at radius 3 is 2.09 bits per heavy atom. The molecule has 0 bridgehead atoms. The molecule has 8 nitrogen and oxygen atoms in total. The van der Waals surface area contributed by atoms with Crippen LogP contribution >= 0.6 is 0 Å². The molecule has 0 spiro atoms. The summed E-state index contributed by atoms with van der Waals surface area (Å²) in [4.78, 5) is 30.0. The summed E-state index contributed by atoms with van der Waals surface area (Å²) in [6.07, 6.45) is 0.633. The van der Waals surface area contributed by atoms with Gasteiger partial charge in [-0.2, -0.15) is 0 Å². The molecule has 0 radical (unpaired) electrons. The highest BCUT2D eigenvalue weighted by atomic mass is 16.5. The summed E-state index contributed by atoms with van der Waals surface area (Å²) in [6.45, 7) is 9.02. The SMILES string of the molecule is CCOCCCN1C(=O)C(c2ccc(OC(C)C)cc2)=C(N(CCOC)CCOC)C1=O. The third-order valence-electron chi connectivity index (χ3n) is 4.98. The molecular formula is C24H36N2O6. The number of hydrogen-bond donors (Lipinski definition) is 0. The molecule has 0 fully saturated rings. The molecule has 0 unspecified atom stereocenters. The number of benzene rings is 1. The van der Waals surface area contributed by atoms with Crippen LogP contribution in [0.15, 0.2) is 30.0 Å². The topological polar surface area (TPSA) is 77.5 Å². The van der Waals surface area contributed by atoms with Gasteiger partial charge >= 0.3 is 0 Å². The molecule has 8 heteroatoms. The lowest BCUT2D eigenvalue weighted by Crippen LogP contribution is -2.38. The van der Waals surface area contributed by atoms with Crippen molar-refractivity contribution < 1.29 is 28.5 Å². The fourth-order valence-electron chi connectivity index (χ4n) is 3.50. The molecule has 0 aromatic heterocycles. The van der Waals surface area contributed by atoms with Crippen molar-refractivity contribution >= 4 is 17.4 Å². The van der Waals surface area contributed by atoms with Gasteiger partial charge in [-0.05, 0) is 44.9 Å². The quantitative estimate of drug-likeness (QED) is 0.301. The zero-order valence-corrected chi connectivity index (χ0v) is 19.9. The summed E-state index contributed by atoms with van der Waals surface area (Å²) < 4.78 is 21.6. The Kier molecular flexibility index (Phi) is 10.7. The van der Waals surface area contributed by atoms with Crippen LogP contribution in [0, 0.1) is 0 Å². The van der Waals surface area contributed by atoms with E-state index in [2.05, 4.69) is 0 Å². The summed E-state index contributed by atoms with van der Waals surface area (Å²) in [5.41, 5.74) is 1.47. The van der Waals surface area contributed by atoms with E-state index in [1.165, 1.54) is 4.90 Å². The molecule has 0 saturated carbocycles. The van der Waals surface area contributed by atoms with E-state index < -0.39 is 0 Å². The second-order valence-corrected chi connectivity index (χ2v) is 7.70. The largest absolute Gasteiger partial charge is 0.491 e. The fourth-order valence-corrected chi connectivity index (χ4v) is 3.50. The van der Waals surface area contributed by atoms with E-state index in [4.69, 9.17) is 18.9 Å². The maximum absolute atomic E-state index is 13.4. The van der Waals surface area contributed by atoms with Crippen LogP contribution in [0.5, 0.6) is 5.75 Å². The van der Waals surface area contributed by atoms with Crippen molar-refractivity contribution in [2.75, 3.05) is 60.3 Å². The van der Waals surface area contributed by atoms with Crippen LogP contribution in [0.3, 0.4) is 0 Å². The van der Waals surface area contributed by atoms with Crippen LogP contribution in [-0.4, -0.2) is 88.0 Å². The Bertz CT molecular complexity index is 767. The maximum atomic E-state index is 13.4. The monoisotopic (exact) mass is 448 g/mol. The van der Waals surface area contributed by atoms with Crippen molar-refractivity contribution in [1.29, 1.82) is 0 Å². The first-order valence-electron chi connectivity index (χ1n) is 11.1. The first kappa shape index (κ1) is 25.8. The van der Waals surface area contributed by atoms with Crippen molar-refractivity contribution in [2.24, 2.45) is 0 Å². The first-order chi connectivity index (χ1) is 15.4. The summed E-state index contributed by atoms with van der Waals surface area (Å²) >= 11 is 0. The van der Waals surface area contributed by atoms with Gasteiger partial charge < -0.3 is 23.8 Å². The van der Waals surface area contributed by atoms with Crippen LogP contribution < -0.4 is 4.74 Å². The number of amides is 2. The lowest BCUT2D eigenvalue weighted by atomic mass is 10.0. The summed E-state index contributed by atoms with van der Waals surface area (Å²) in [7, 11) is 3.22. The van der Waals surface area contributed by atoms with E-state index in [9.17, 15) is 9.59 Å². The highest BCUT2D eigenvalue weighted by Crippen LogP contribution is 2.32. The van der Waals surface area contributed by atoms with Crippen molar-refractivity contribution in [3.63, 3.8) is 0 Å². The highest BCUT2D eigenvalue weighted by molar-refractivity contribution is 6.35. The predicted octanol–water partition coefficient (Wildman–Crippen LogP) is 2.58. The molecule has 1 aromatic rings. The molecule has 2 rings (SSSR count). The van der Waals surface area contributed by atoms with Gasteiger partial charge in [-0.3, -0.25) is 14.5 Å². The van der Waals surface area contributed by atoms with E-state index in [0.29, 0.717) is 75.1 Å². The number of carbonyl (C=O) groups excluding carboxylic acids is 2. The highest BCUT2D eigenvalue weighted by Gasteiger charge is 2.41. The van der Waals surface area contributed by atoms with E-state index in [-0.39, 0.29) is 17.9 Å². The third kappa shape index (κ3) is 6.79. The van der Waals surface area contributed by atoms with Gasteiger partial charge in [-0.15, -0.1) is 0 Å². The molecule has 0 atom stereocenters. The van der Waals surface area contributed by atoms with Crippen LogP contribution in [0.2, 0.25) is 0 Å². The van der Waals surface area contributed by atoms with Crippen molar-refractivity contribution in [3.8, 4) is 5.75 Å². The first-order valence-corrected chi connectivity index (χ1v) is 11.1. The minimum atomic E-state index is -0.295. The molecule has 1 aromatic carbocycles. The molecule has 2 amide bonds. The zero-order chi connectivity index (χ0) is 23.5. The summed E-state index contributed by atoms with van der Waals surface area (Å²) in [6, 6.07) is 7.30. The Balaban J connectivity index is 2.41. The second-order valence-electron chi connectivity index (χ2n) is 7.70. The Labute approximate surface area is 191 Å². The number of nitrogens with zero attached hydrogens (tertiary/aromatic N) is 2. The molecule has 178 valence electrons. The molecule has 0 saturated heterocycles. The van der Waals surface area contributed by atoms with Gasteiger partial charge in [0.1, 0.15) is 11.4 Å². The molecule has 1 heterocycles. The number of carbonyl (C=O) groups is 2. The predicted molar refractivity (Wildman–Crippen MR) is 122 cm³/mol. The Morgan fingerprint density at radius 1 is 0.938 bits per heavy atom.